The van der Waals surface area contributed by atoms with Crippen LogP contribution < -0.4 is 5.32 Å². The molecule has 1 rings (SSSR count). The Kier molecular flexibility index (Phi) is 8.39. The van der Waals surface area contributed by atoms with Gasteiger partial charge in [-0.15, -0.1) is 0 Å². The van der Waals surface area contributed by atoms with Crippen LogP contribution in [0.4, 0.5) is 0 Å². The van der Waals surface area contributed by atoms with E-state index in [2.05, 4.69) is 5.32 Å². The maximum Gasteiger partial charge on any atom is 0.322 e. The zero-order valence-corrected chi connectivity index (χ0v) is 9.60. The quantitative estimate of drug-likeness (QED) is 0.420. The molecule has 0 atom stereocenters. The maximum absolute atomic E-state index is 11.3. The van der Waals surface area contributed by atoms with Crippen molar-refractivity contribution in [3.05, 3.63) is 35.6 Å². The molecule has 0 aromatic rings. The van der Waals surface area contributed by atoms with Gasteiger partial charge in [-0.05, 0) is 19.1 Å². The van der Waals surface area contributed by atoms with E-state index in [1.165, 1.54) is 6.08 Å². The molecule has 0 heterocycles. The second-order valence-electron chi connectivity index (χ2n) is 2.87. The molecule has 93 valence electrons. The predicted octanol–water partition coefficient (Wildman–Crippen LogP) is -0.295. The number of carbonyl (C=O) groups excluding carboxylic acids is 1. The van der Waals surface area contributed by atoms with E-state index in [4.69, 9.17) is 5.11 Å². The van der Waals surface area contributed by atoms with Crippen molar-refractivity contribution in [1.29, 1.82) is 0 Å². The summed E-state index contributed by atoms with van der Waals surface area (Å²) in [5, 5.41) is 11.1. The van der Waals surface area contributed by atoms with Gasteiger partial charge in [-0.1, -0.05) is 12.2 Å². The molecule has 0 unspecified atom stereocenters. The standard InChI is InChI=1S/C10H11NO3.Cu.H2O/c1-7(11-6-10(13)14)8-4-2-3-5-9(8)12;;/h2-5,11H,6H2,1H3,(H,13,14);;1H2/p+1. The normalized spacial score (nSPS) is 15.9. The summed E-state index contributed by atoms with van der Waals surface area (Å²) in [7, 11) is 0. The first-order valence-corrected chi connectivity index (χ1v) is 4.17. The molecule has 5 nitrogen and oxygen atoms in total. The van der Waals surface area contributed by atoms with Crippen LogP contribution in [0.2, 0.25) is 0 Å². The molecule has 0 fully saturated rings. The third kappa shape index (κ3) is 4.93. The summed E-state index contributed by atoms with van der Waals surface area (Å²) < 4.78 is 0. The van der Waals surface area contributed by atoms with Crippen LogP contribution in [-0.4, -0.2) is 23.4 Å². The van der Waals surface area contributed by atoms with Crippen LogP contribution in [0.3, 0.4) is 0 Å². The molecule has 0 saturated heterocycles. The van der Waals surface area contributed by atoms with Gasteiger partial charge in [0.25, 0.3) is 0 Å². The minimum absolute atomic E-state index is 0. The first-order valence-electron chi connectivity index (χ1n) is 4.17. The van der Waals surface area contributed by atoms with Crippen LogP contribution in [-0.2, 0) is 32.1 Å². The van der Waals surface area contributed by atoms with Crippen molar-refractivity contribution in [2.24, 2.45) is 0 Å². The van der Waals surface area contributed by atoms with E-state index < -0.39 is 5.97 Å². The van der Waals surface area contributed by atoms with E-state index in [1.54, 1.807) is 25.2 Å². The molecule has 0 aromatic carbocycles. The molecule has 1 aliphatic rings. The van der Waals surface area contributed by atoms with E-state index in [-0.39, 0.29) is 34.9 Å². The number of ketones is 1. The molecule has 0 bridgehead atoms. The Morgan fingerprint density at radius 3 is 2.44 bits per heavy atom. The van der Waals surface area contributed by atoms with Crippen LogP contribution in [0.5, 0.6) is 0 Å². The molecule has 0 aromatic heterocycles. The summed E-state index contributed by atoms with van der Waals surface area (Å²) in [5.74, 6) is -1.06. The number of carboxylic acid groups (broad SMARTS) is 1. The van der Waals surface area contributed by atoms with Gasteiger partial charge in [0.1, 0.15) is 6.54 Å². The summed E-state index contributed by atoms with van der Waals surface area (Å²) in [4.78, 5) is 21.6. The topological polar surface area (TPSA) is 99.4 Å². The molecule has 0 spiro atoms. The van der Waals surface area contributed by atoms with Gasteiger partial charge in [-0.2, -0.15) is 0 Å². The van der Waals surface area contributed by atoms with Crippen LogP contribution in [0.25, 0.3) is 0 Å². The summed E-state index contributed by atoms with van der Waals surface area (Å²) in [5.41, 5.74) is 1.09. The van der Waals surface area contributed by atoms with Crippen molar-refractivity contribution < 1.29 is 37.2 Å². The zero-order valence-electron chi connectivity index (χ0n) is 8.66. The Morgan fingerprint density at radius 2 is 1.94 bits per heavy atom. The van der Waals surface area contributed by atoms with Crippen LogP contribution in [0, 0.1) is 0 Å². The molecule has 1 aliphatic carbocycles. The SMILES string of the molecule is CC(NCC(=O)O)=C1C=CC=CC1=O.[Cu].[OH3+]. The molecule has 16 heavy (non-hydrogen) atoms. The van der Waals surface area contributed by atoms with Crippen molar-refractivity contribution in [2.75, 3.05) is 6.54 Å². The number of nitrogens with one attached hydrogen (secondary N) is 1. The average molecular weight is 276 g/mol. The molecule has 6 heteroatoms. The van der Waals surface area contributed by atoms with E-state index in [0.717, 1.165) is 0 Å². The van der Waals surface area contributed by atoms with Gasteiger partial charge >= 0.3 is 5.97 Å². The molecule has 0 aliphatic heterocycles. The number of allylic oxidation sites excluding steroid dienone is 6. The number of carbonyl (C=O) groups is 2. The number of rotatable bonds is 3. The molecular weight excluding hydrogens is 262 g/mol. The second kappa shape index (κ2) is 7.87. The summed E-state index contributed by atoms with van der Waals surface area (Å²) in [6, 6.07) is 0. The van der Waals surface area contributed by atoms with Crippen molar-refractivity contribution in [3.63, 3.8) is 0 Å². The van der Waals surface area contributed by atoms with Gasteiger partial charge in [0.15, 0.2) is 5.78 Å². The van der Waals surface area contributed by atoms with Crippen LogP contribution in [0.15, 0.2) is 35.6 Å². The van der Waals surface area contributed by atoms with Crippen molar-refractivity contribution >= 4 is 11.8 Å². The number of aliphatic carboxylic acids is 1. The summed E-state index contributed by atoms with van der Waals surface area (Å²) in [6.45, 7) is 1.50. The van der Waals surface area contributed by atoms with Crippen molar-refractivity contribution in [3.8, 4) is 0 Å². The fourth-order valence-corrected chi connectivity index (χ4v) is 1.08. The first kappa shape index (κ1) is 17.0. The molecule has 0 saturated carbocycles. The largest absolute Gasteiger partial charge is 0.480 e. The first-order chi connectivity index (χ1) is 6.61. The van der Waals surface area contributed by atoms with Crippen LogP contribution in [0.1, 0.15) is 6.92 Å². The van der Waals surface area contributed by atoms with Crippen molar-refractivity contribution in [1.82, 2.24) is 5.32 Å². The minimum Gasteiger partial charge on any atom is -0.480 e. The molecule has 1 radical (unpaired) electrons. The van der Waals surface area contributed by atoms with E-state index in [0.29, 0.717) is 11.3 Å². The number of hydrogen-bond donors (Lipinski definition) is 2. The monoisotopic (exact) mass is 275 g/mol. The van der Waals surface area contributed by atoms with Crippen molar-refractivity contribution in [2.45, 2.75) is 6.92 Å². The van der Waals surface area contributed by atoms with E-state index in [1.807, 2.05) is 0 Å². The van der Waals surface area contributed by atoms with Gasteiger partial charge in [0.05, 0.1) is 0 Å². The number of carboxylic acids is 1. The second-order valence-corrected chi connectivity index (χ2v) is 2.87. The van der Waals surface area contributed by atoms with Gasteiger partial charge in [-0.3, -0.25) is 9.59 Å². The Bertz CT molecular complexity index is 358. The Morgan fingerprint density at radius 1 is 1.38 bits per heavy atom. The Labute approximate surface area is 104 Å². The zero-order chi connectivity index (χ0) is 10.6. The third-order valence-corrected chi connectivity index (χ3v) is 1.80. The summed E-state index contributed by atoms with van der Waals surface area (Å²) >= 11 is 0. The molecule has 5 N–H and O–H groups in total. The Balaban J connectivity index is 0. The smallest absolute Gasteiger partial charge is 0.322 e. The third-order valence-electron chi connectivity index (χ3n) is 1.80. The van der Waals surface area contributed by atoms with Gasteiger partial charge in [-0.25, -0.2) is 0 Å². The summed E-state index contributed by atoms with van der Waals surface area (Å²) in [6.07, 6.45) is 6.49. The van der Waals surface area contributed by atoms with Crippen LogP contribution >= 0.6 is 0 Å². The van der Waals surface area contributed by atoms with Gasteiger partial charge in [0.2, 0.25) is 0 Å². The Hall–Kier alpha value is -1.36. The number of hydrogen-bond acceptors (Lipinski definition) is 3. The fraction of sp³-hybridized carbons (Fsp3) is 0.200. The minimum atomic E-state index is -0.951. The fourth-order valence-electron chi connectivity index (χ4n) is 1.08. The maximum atomic E-state index is 11.3. The molecular formula is C10H14CuNO4+. The van der Waals surface area contributed by atoms with E-state index in [9.17, 15) is 9.59 Å². The van der Waals surface area contributed by atoms with E-state index >= 15 is 0 Å². The van der Waals surface area contributed by atoms with Gasteiger partial charge in [0, 0.05) is 28.3 Å². The average Bonchev–Trinajstić information content (AvgIpc) is 2.15. The van der Waals surface area contributed by atoms with Gasteiger partial charge < -0.3 is 15.9 Å². The predicted molar refractivity (Wildman–Crippen MR) is 56.5 cm³/mol. The molecule has 0 amide bonds.